The molecule has 0 spiro atoms. The first-order valence-corrected chi connectivity index (χ1v) is 12.0. The topological polar surface area (TPSA) is 130 Å². The number of carbonyl (C=O) groups excluding carboxylic acids is 1. The van der Waals surface area contributed by atoms with E-state index in [-0.39, 0.29) is 34.0 Å². The number of carbonyl (C=O) groups is 1. The predicted molar refractivity (Wildman–Crippen MR) is 118 cm³/mol. The molecule has 1 aromatic heterocycles. The monoisotopic (exact) mass is 473 g/mol. The number of amides is 1. The zero-order valence-electron chi connectivity index (χ0n) is 16.7. The van der Waals surface area contributed by atoms with Crippen molar-refractivity contribution < 1.29 is 23.2 Å². The van der Waals surface area contributed by atoms with Gasteiger partial charge in [0.05, 0.1) is 9.82 Å². The van der Waals surface area contributed by atoms with Crippen molar-refractivity contribution in [3.63, 3.8) is 0 Å². The molecule has 166 valence electrons. The van der Waals surface area contributed by atoms with Crippen molar-refractivity contribution in [2.24, 2.45) is 0 Å². The van der Waals surface area contributed by atoms with Gasteiger partial charge in [-0.15, -0.1) is 11.3 Å². The molecule has 11 heteroatoms. The quantitative estimate of drug-likeness (QED) is 0.418. The number of fused-ring (bicyclic) bond motifs is 1. The minimum atomic E-state index is -3.78. The molecule has 32 heavy (non-hydrogen) atoms. The molecule has 0 atom stereocenters. The molecule has 1 aliphatic rings. The maximum Gasteiger partial charge on any atom is 0.270 e. The third kappa shape index (κ3) is 4.35. The van der Waals surface area contributed by atoms with Gasteiger partial charge in [-0.2, -0.15) is 4.31 Å². The number of rotatable bonds is 6. The molecule has 0 bridgehead atoms. The highest BCUT2D eigenvalue weighted by Gasteiger charge is 2.29. The highest BCUT2D eigenvalue weighted by atomic mass is 32.2. The van der Waals surface area contributed by atoms with E-state index in [2.05, 4.69) is 5.32 Å². The van der Waals surface area contributed by atoms with Gasteiger partial charge in [-0.05, 0) is 47.7 Å². The number of sulfonamides is 1. The zero-order chi connectivity index (χ0) is 22.9. The van der Waals surface area contributed by atoms with E-state index in [1.807, 2.05) is 11.4 Å². The van der Waals surface area contributed by atoms with Gasteiger partial charge >= 0.3 is 0 Å². The van der Waals surface area contributed by atoms with Crippen molar-refractivity contribution in [3.05, 3.63) is 85.6 Å². The number of benzene rings is 2. The van der Waals surface area contributed by atoms with E-state index in [1.165, 1.54) is 45.6 Å². The second-order valence-corrected chi connectivity index (χ2v) is 10.2. The standard InChI is InChI=1S/C21H19N3O6S2/c25-19-5-4-17(24(27)28)10-16(19)12-22-21(26)14-2-1-3-18(11-14)32(29,30)23-8-6-20-15(13-23)7-9-31-20/h1-5,7,9-11,25H,6,8,12-13H2,(H,22,26). The minimum Gasteiger partial charge on any atom is -0.508 e. The number of non-ortho nitro benzene ring substituents is 1. The van der Waals surface area contributed by atoms with Gasteiger partial charge < -0.3 is 10.4 Å². The average Bonchev–Trinajstić information content (AvgIpc) is 3.26. The van der Waals surface area contributed by atoms with Gasteiger partial charge in [0.1, 0.15) is 5.75 Å². The fourth-order valence-electron chi connectivity index (χ4n) is 3.48. The van der Waals surface area contributed by atoms with Crippen LogP contribution in [0.2, 0.25) is 0 Å². The molecule has 0 unspecified atom stereocenters. The molecule has 1 amide bonds. The fourth-order valence-corrected chi connectivity index (χ4v) is 5.83. The second-order valence-electron chi connectivity index (χ2n) is 7.24. The zero-order valence-corrected chi connectivity index (χ0v) is 18.4. The molecule has 2 heterocycles. The highest BCUT2D eigenvalue weighted by molar-refractivity contribution is 7.89. The summed E-state index contributed by atoms with van der Waals surface area (Å²) in [6.45, 7) is 0.512. The van der Waals surface area contributed by atoms with Crippen molar-refractivity contribution in [1.82, 2.24) is 9.62 Å². The second kappa shape index (κ2) is 8.69. The summed E-state index contributed by atoms with van der Waals surface area (Å²) in [5, 5.41) is 25.3. The van der Waals surface area contributed by atoms with Crippen LogP contribution in [-0.2, 0) is 29.5 Å². The Morgan fingerprint density at radius 2 is 2.03 bits per heavy atom. The molecule has 2 aromatic carbocycles. The summed E-state index contributed by atoms with van der Waals surface area (Å²) < 4.78 is 27.6. The number of nitro benzene ring substituents is 1. The maximum absolute atomic E-state index is 13.1. The van der Waals surface area contributed by atoms with Crippen LogP contribution >= 0.6 is 11.3 Å². The van der Waals surface area contributed by atoms with Crippen LogP contribution in [0, 0.1) is 10.1 Å². The van der Waals surface area contributed by atoms with Crippen molar-refractivity contribution in [2.75, 3.05) is 6.54 Å². The van der Waals surface area contributed by atoms with Crippen molar-refractivity contribution in [3.8, 4) is 5.75 Å². The summed E-state index contributed by atoms with van der Waals surface area (Å²) in [4.78, 5) is 24.1. The molecule has 0 saturated carbocycles. The third-order valence-electron chi connectivity index (χ3n) is 5.22. The van der Waals surface area contributed by atoms with Crippen LogP contribution in [-0.4, -0.2) is 35.2 Å². The van der Waals surface area contributed by atoms with Crippen LogP contribution in [0.4, 0.5) is 5.69 Å². The minimum absolute atomic E-state index is 0.0158. The molecular weight excluding hydrogens is 454 g/mol. The lowest BCUT2D eigenvalue weighted by molar-refractivity contribution is -0.384. The number of hydrogen-bond donors (Lipinski definition) is 2. The normalized spacial score (nSPS) is 14.0. The van der Waals surface area contributed by atoms with Gasteiger partial charge in [0.15, 0.2) is 0 Å². The van der Waals surface area contributed by atoms with Crippen molar-refractivity contribution >= 4 is 33.0 Å². The number of nitrogens with one attached hydrogen (secondary N) is 1. The first-order chi connectivity index (χ1) is 15.3. The highest BCUT2D eigenvalue weighted by Crippen LogP contribution is 2.28. The summed E-state index contributed by atoms with van der Waals surface area (Å²) in [5.74, 6) is -0.753. The van der Waals surface area contributed by atoms with Crippen LogP contribution in [0.25, 0.3) is 0 Å². The Morgan fingerprint density at radius 3 is 2.81 bits per heavy atom. The maximum atomic E-state index is 13.1. The number of thiophene rings is 1. The van der Waals surface area contributed by atoms with Gasteiger partial charge in [-0.3, -0.25) is 14.9 Å². The van der Waals surface area contributed by atoms with Gasteiger partial charge in [0.25, 0.3) is 11.6 Å². The van der Waals surface area contributed by atoms with E-state index in [1.54, 1.807) is 11.3 Å². The summed E-state index contributed by atoms with van der Waals surface area (Å²) in [6.07, 6.45) is 0.652. The van der Waals surface area contributed by atoms with Gasteiger partial charge in [0, 0.05) is 47.8 Å². The largest absolute Gasteiger partial charge is 0.508 e. The summed E-state index contributed by atoms with van der Waals surface area (Å²) in [5.41, 5.74) is 1.09. The van der Waals surface area contributed by atoms with Crippen molar-refractivity contribution in [2.45, 2.75) is 24.4 Å². The predicted octanol–water partition coefficient (Wildman–Crippen LogP) is 3.04. The lowest BCUT2D eigenvalue weighted by atomic mass is 10.1. The lowest BCUT2D eigenvalue weighted by Crippen LogP contribution is -2.35. The van der Waals surface area contributed by atoms with E-state index >= 15 is 0 Å². The Kier molecular flexibility index (Phi) is 5.96. The average molecular weight is 474 g/mol. The number of nitrogens with zero attached hydrogens (tertiary/aromatic N) is 2. The van der Waals surface area contributed by atoms with Crippen LogP contribution < -0.4 is 5.32 Å². The fraction of sp³-hybridized carbons (Fsp3) is 0.190. The van der Waals surface area contributed by atoms with Gasteiger partial charge in [0.2, 0.25) is 10.0 Å². The summed E-state index contributed by atoms with van der Waals surface area (Å²) >= 11 is 1.62. The van der Waals surface area contributed by atoms with E-state index in [9.17, 15) is 28.4 Å². The van der Waals surface area contributed by atoms with Crippen LogP contribution in [0.3, 0.4) is 0 Å². The Balaban J connectivity index is 1.50. The number of hydrogen-bond acceptors (Lipinski definition) is 7. The van der Waals surface area contributed by atoms with E-state index < -0.39 is 20.9 Å². The summed E-state index contributed by atoms with van der Waals surface area (Å²) in [7, 11) is -3.78. The smallest absolute Gasteiger partial charge is 0.270 e. The molecular formula is C21H19N3O6S2. The lowest BCUT2D eigenvalue weighted by Gasteiger charge is -2.26. The Bertz CT molecular complexity index is 1300. The third-order valence-corrected chi connectivity index (χ3v) is 8.08. The first kappa shape index (κ1) is 21.9. The number of phenols is 1. The number of aromatic hydroxyl groups is 1. The molecule has 2 N–H and O–H groups in total. The van der Waals surface area contributed by atoms with Crippen LogP contribution in [0.1, 0.15) is 26.4 Å². The SMILES string of the molecule is O=C(NCc1cc([N+](=O)[O-])ccc1O)c1cccc(S(=O)(=O)N2CCc3sccc3C2)c1. The Labute approximate surface area is 188 Å². The molecule has 9 nitrogen and oxygen atoms in total. The Hall–Kier alpha value is -3.28. The molecule has 0 fully saturated rings. The van der Waals surface area contributed by atoms with E-state index in [0.717, 1.165) is 11.6 Å². The Morgan fingerprint density at radius 1 is 1.22 bits per heavy atom. The molecule has 0 saturated heterocycles. The van der Waals surface area contributed by atoms with E-state index in [0.29, 0.717) is 19.5 Å². The van der Waals surface area contributed by atoms with E-state index in [4.69, 9.17) is 0 Å². The molecule has 0 radical (unpaired) electrons. The molecule has 1 aliphatic heterocycles. The summed E-state index contributed by atoms with van der Waals surface area (Å²) in [6, 6.07) is 11.2. The first-order valence-electron chi connectivity index (χ1n) is 9.65. The van der Waals surface area contributed by atoms with Gasteiger partial charge in [-0.25, -0.2) is 8.42 Å². The molecule has 4 rings (SSSR count). The number of nitro groups is 1. The van der Waals surface area contributed by atoms with Crippen LogP contribution in [0.5, 0.6) is 5.75 Å². The van der Waals surface area contributed by atoms with Crippen molar-refractivity contribution in [1.29, 1.82) is 0 Å². The number of phenolic OH excluding ortho intramolecular Hbond substituents is 1. The van der Waals surface area contributed by atoms with Gasteiger partial charge in [-0.1, -0.05) is 6.07 Å². The van der Waals surface area contributed by atoms with Crippen LogP contribution in [0.15, 0.2) is 58.8 Å². The molecule has 0 aliphatic carbocycles. The molecule has 3 aromatic rings.